The lowest BCUT2D eigenvalue weighted by Gasteiger charge is -1.98. The number of unbranched alkanes of at least 4 members (excludes halogenated alkanes) is 1. The molecule has 0 spiro atoms. The molecule has 0 atom stereocenters. The van der Waals surface area contributed by atoms with Crippen molar-refractivity contribution in [1.29, 1.82) is 0 Å². The normalized spacial score (nSPS) is 11.9. The Bertz CT molecular complexity index is 95.5. The molecule has 0 fully saturated rings. The van der Waals surface area contributed by atoms with Crippen LogP contribution in [0.3, 0.4) is 0 Å². The zero-order valence-electron chi connectivity index (χ0n) is 4.74. The van der Waals surface area contributed by atoms with E-state index in [-0.39, 0.29) is 6.16 Å². The molecule has 49 valence electrons. The lowest BCUT2D eigenvalue weighted by Crippen LogP contribution is -1.85. The fourth-order valence-electron chi connectivity index (χ4n) is 0.297. The van der Waals surface area contributed by atoms with Crippen LogP contribution in [0, 0.1) is 6.42 Å². The molecule has 8 heavy (non-hydrogen) atoms. The van der Waals surface area contributed by atoms with Gasteiger partial charge in [0.2, 0.25) is 0 Å². The predicted molar refractivity (Wildman–Crippen MR) is 31.5 cm³/mol. The minimum absolute atomic E-state index is 0.0243. The van der Waals surface area contributed by atoms with Gasteiger partial charge in [0.05, 0.1) is 6.16 Å². The Labute approximate surface area is 48.9 Å². The first-order valence-corrected chi connectivity index (χ1v) is 4.18. The molecule has 0 unspecified atom stereocenters. The van der Waals surface area contributed by atoms with E-state index in [1.54, 1.807) is 13.3 Å². The van der Waals surface area contributed by atoms with Crippen molar-refractivity contribution in [2.45, 2.75) is 13.3 Å². The molecule has 0 aromatic heterocycles. The first-order valence-electron chi connectivity index (χ1n) is 2.38. The topological polar surface area (TPSA) is 57.5 Å². The highest BCUT2D eigenvalue weighted by molar-refractivity contribution is 7.51. The Morgan fingerprint density at radius 1 is 1.62 bits per heavy atom. The molecule has 0 aliphatic rings. The third-order valence-corrected chi connectivity index (χ3v) is 1.55. The Morgan fingerprint density at radius 2 is 2.12 bits per heavy atom. The monoisotopic (exact) mass is 137 g/mol. The predicted octanol–water partition coefficient (Wildman–Crippen LogP) is 0.778. The summed E-state index contributed by atoms with van der Waals surface area (Å²) in [6.07, 6.45) is 2.20. The highest BCUT2D eigenvalue weighted by Crippen LogP contribution is 2.34. The van der Waals surface area contributed by atoms with Gasteiger partial charge in [0.1, 0.15) is 0 Å². The molecular weight excluding hydrogens is 127 g/mol. The molecule has 4 heteroatoms. The van der Waals surface area contributed by atoms with E-state index >= 15 is 0 Å². The zero-order chi connectivity index (χ0) is 6.62. The van der Waals surface area contributed by atoms with Gasteiger partial charge in [0.25, 0.3) is 0 Å². The molecule has 0 aliphatic carbocycles. The second-order valence-corrected chi connectivity index (χ2v) is 3.36. The second kappa shape index (κ2) is 3.23. The van der Waals surface area contributed by atoms with Crippen LogP contribution in [0.2, 0.25) is 0 Å². The van der Waals surface area contributed by atoms with Crippen LogP contribution in [0.25, 0.3) is 0 Å². The van der Waals surface area contributed by atoms with Gasteiger partial charge in [-0.2, -0.15) is 0 Å². The van der Waals surface area contributed by atoms with Crippen LogP contribution in [-0.2, 0) is 4.57 Å². The third-order valence-electron chi connectivity index (χ3n) is 0.709. The molecule has 0 aromatic carbocycles. The lowest BCUT2D eigenvalue weighted by atomic mass is 10.4. The highest BCUT2D eigenvalue weighted by atomic mass is 31.2. The Balaban J connectivity index is 3.26. The zero-order valence-corrected chi connectivity index (χ0v) is 5.64. The SMILES string of the molecule is C[CH]CCP(=O)(O)O. The van der Waals surface area contributed by atoms with Crippen LogP contribution in [0.4, 0.5) is 0 Å². The highest BCUT2D eigenvalue weighted by Gasteiger charge is 2.09. The molecule has 0 aromatic rings. The van der Waals surface area contributed by atoms with Crippen molar-refractivity contribution in [1.82, 2.24) is 0 Å². The summed E-state index contributed by atoms with van der Waals surface area (Å²) in [4.78, 5) is 16.5. The standard InChI is InChI=1S/C4H10O3P/c1-2-3-4-8(5,6)7/h2H,3-4H2,1H3,(H2,5,6,7). The molecule has 0 amide bonds. The van der Waals surface area contributed by atoms with Crippen LogP contribution in [-0.4, -0.2) is 15.9 Å². The Hall–Kier alpha value is 0.150. The van der Waals surface area contributed by atoms with Crippen molar-refractivity contribution in [3.63, 3.8) is 0 Å². The van der Waals surface area contributed by atoms with Crippen molar-refractivity contribution in [3.8, 4) is 0 Å². The molecule has 2 N–H and O–H groups in total. The van der Waals surface area contributed by atoms with E-state index in [1.807, 2.05) is 0 Å². The van der Waals surface area contributed by atoms with E-state index in [2.05, 4.69) is 0 Å². The van der Waals surface area contributed by atoms with Gasteiger partial charge >= 0.3 is 7.60 Å². The number of hydrogen-bond acceptors (Lipinski definition) is 1. The van der Waals surface area contributed by atoms with E-state index in [0.717, 1.165) is 0 Å². The molecule has 0 saturated carbocycles. The maximum absolute atomic E-state index is 10.1. The summed E-state index contributed by atoms with van der Waals surface area (Å²) in [6, 6.07) is 0. The summed E-state index contributed by atoms with van der Waals surface area (Å²) in [6.45, 7) is 1.77. The summed E-state index contributed by atoms with van der Waals surface area (Å²) in [5.41, 5.74) is 0. The van der Waals surface area contributed by atoms with Crippen molar-refractivity contribution in [3.05, 3.63) is 6.42 Å². The van der Waals surface area contributed by atoms with Crippen LogP contribution in [0.1, 0.15) is 13.3 Å². The smallest absolute Gasteiger partial charge is 0.324 e. The van der Waals surface area contributed by atoms with Gasteiger partial charge in [-0.3, -0.25) is 4.57 Å². The van der Waals surface area contributed by atoms with Crippen LogP contribution >= 0.6 is 7.60 Å². The summed E-state index contributed by atoms with van der Waals surface area (Å²) in [7, 11) is -3.71. The molecule has 0 heterocycles. The average molecular weight is 137 g/mol. The molecule has 0 aliphatic heterocycles. The quantitative estimate of drug-likeness (QED) is 0.565. The second-order valence-electron chi connectivity index (χ2n) is 1.59. The van der Waals surface area contributed by atoms with Crippen LogP contribution < -0.4 is 0 Å². The Morgan fingerprint density at radius 3 is 2.25 bits per heavy atom. The largest absolute Gasteiger partial charge is 0.325 e. The summed E-state index contributed by atoms with van der Waals surface area (Å²) >= 11 is 0. The third kappa shape index (κ3) is 6.15. The minimum atomic E-state index is -3.71. The van der Waals surface area contributed by atoms with Crippen LogP contribution in [0.15, 0.2) is 0 Å². The number of rotatable bonds is 3. The lowest BCUT2D eigenvalue weighted by molar-refractivity contribution is 0.373. The molecule has 1 radical (unpaired) electrons. The molecule has 0 saturated heterocycles. The first-order chi connectivity index (χ1) is 3.56. The molecule has 0 rings (SSSR count). The van der Waals surface area contributed by atoms with E-state index in [4.69, 9.17) is 9.79 Å². The van der Waals surface area contributed by atoms with Crippen molar-refractivity contribution in [2.75, 3.05) is 6.16 Å². The average Bonchev–Trinajstić information content (AvgIpc) is 1.59. The van der Waals surface area contributed by atoms with Gasteiger partial charge in [0.15, 0.2) is 0 Å². The van der Waals surface area contributed by atoms with Gasteiger partial charge in [-0.25, -0.2) is 0 Å². The van der Waals surface area contributed by atoms with Gasteiger partial charge in [-0.1, -0.05) is 6.92 Å². The molecule has 0 bridgehead atoms. The molecular formula is C4H10O3P. The van der Waals surface area contributed by atoms with Crippen molar-refractivity contribution >= 4 is 7.60 Å². The summed E-state index contributed by atoms with van der Waals surface area (Å²) in [5.74, 6) is 0. The van der Waals surface area contributed by atoms with Gasteiger partial charge in [0, 0.05) is 0 Å². The van der Waals surface area contributed by atoms with Gasteiger partial charge in [-0.05, 0) is 12.8 Å². The van der Waals surface area contributed by atoms with E-state index in [1.165, 1.54) is 0 Å². The summed E-state index contributed by atoms with van der Waals surface area (Å²) < 4.78 is 10.1. The van der Waals surface area contributed by atoms with E-state index in [0.29, 0.717) is 6.42 Å². The Kier molecular flexibility index (Phi) is 3.29. The van der Waals surface area contributed by atoms with Crippen molar-refractivity contribution < 1.29 is 14.4 Å². The van der Waals surface area contributed by atoms with Gasteiger partial charge < -0.3 is 9.79 Å². The van der Waals surface area contributed by atoms with E-state index in [9.17, 15) is 4.57 Å². The minimum Gasteiger partial charge on any atom is -0.324 e. The first kappa shape index (κ1) is 8.15. The maximum Gasteiger partial charge on any atom is 0.325 e. The van der Waals surface area contributed by atoms with Crippen LogP contribution in [0.5, 0.6) is 0 Å². The fourth-order valence-corrected chi connectivity index (χ4v) is 0.892. The van der Waals surface area contributed by atoms with Gasteiger partial charge in [-0.15, -0.1) is 0 Å². The fraction of sp³-hybridized carbons (Fsp3) is 0.750. The molecule has 3 nitrogen and oxygen atoms in total. The van der Waals surface area contributed by atoms with E-state index < -0.39 is 7.60 Å². The number of hydrogen-bond donors (Lipinski definition) is 2. The van der Waals surface area contributed by atoms with Crippen molar-refractivity contribution in [2.24, 2.45) is 0 Å². The maximum atomic E-state index is 10.1. The summed E-state index contributed by atoms with van der Waals surface area (Å²) in [5, 5.41) is 0.